The van der Waals surface area contributed by atoms with E-state index in [1.54, 1.807) is 0 Å². The summed E-state index contributed by atoms with van der Waals surface area (Å²) in [6.07, 6.45) is 5.85. The lowest BCUT2D eigenvalue weighted by Gasteiger charge is -2.20. The third-order valence-corrected chi connectivity index (χ3v) is 8.50. The van der Waals surface area contributed by atoms with Crippen molar-refractivity contribution in [2.24, 2.45) is 0 Å². The van der Waals surface area contributed by atoms with Gasteiger partial charge in [-0.2, -0.15) is 29.9 Å². The molecule has 274 valence electrons. The molecule has 0 aliphatic carbocycles. The van der Waals surface area contributed by atoms with Gasteiger partial charge in [-0.05, 0) is 75.4 Å². The number of benzene rings is 1. The van der Waals surface area contributed by atoms with Crippen LogP contribution < -0.4 is 31.1 Å². The second-order valence-corrected chi connectivity index (χ2v) is 12.3. The first-order valence-corrected chi connectivity index (χ1v) is 18.3. The molecule has 14 heteroatoms. The van der Waals surface area contributed by atoms with Crippen LogP contribution in [0.4, 0.5) is 35.7 Å². The van der Waals surface area contributed by atoms with Crippen molar-refractivity contribution in [3.63, 3.8) is 0 Å². The minimum Gasteiger partial charge on any atom is -0.354 e. The Hall–Kier alpha value is -5.66. The normalized spacial score (nSPS) is 10.9. The second-order valence-electron chi connectivity index (χ2n) is 12.3. The Balaban J connectivity index is 1.24. The van der Waals surface area contributed by atoms with Gasteiger partial charge >= 0.3 is 0 Å². The predicted octanol–water partition coefficient (Wildman–Crippen LogP) is 6.56. The highest BCUT2D eigenvalue weighted by molar-refractivity contribution is 5.54. The summed E-state index contributed by atoms with van der Waals surface area (Å²) in [5.41, 5.74) is 6.00. The van der Waals surface area contributed by atoms with Crippen LogP contribution in [0.1, 0.15) is 69.7 Å². The monoisotopic (exact) mass is 704 g/mol. The molecule has 52 heavy (non-hydrogen) atoms. The van der Waals surface area contributed by atoms with Crippen molar-refractivity contribution >= 4 is 35.7 Å². The van der Waals surface area contributed by atoms with E-state index in [-0.39, 0.29) is 0 Å². The van der Waals surface area contributed by atoms with E-state index in [0.717, 1.165) is 79.2 Å². The molecule has 14 nitrogen and oxygen atoms in total. The zero-order valence-corrected chi connectivity index (χ0v) is 31.3. The number of hydrogen-bond donors (Lipinski definition) is 4. The van der Waals surface area contributed by atoms with Crippen LogP contribution in [0.2, 0.25) is 0 Å². The van der Waals surface area contributed by atoms with Crippen LogP contribution in [0.5, 0.6) is 0 Å². The van der Waals surface area contributed by atoms with Crippen LogP contribution >= 0.6 is 0 Å². The molecule has 0 amide bonds. The van der Waals surface area contributed by atoms with Crippen molar-refractivity contribution in [3.8, 4) is 11.4 Å². The summed E-state index contributed by atoms with van der Waals surface area (Å²) in [7, 11) is 0. The van der Waals surface area contributed by atoms with Crippen LogP contribution in [0.15, 0.2) is 60.9 Å². The summed E-state index contributed by atoms with van der Waals surface area (Å²) in [5, 5.41) is 13.6. The number of hydrogen-bond acceptors (Lipinski definition) is 14. The largest absolute Gasteiger partial charge is 0.354 e. The lowest BCUT2D eigenvalue weighted by molar-refractivity contribution is 0.799. The summed E-state index contributed by atoms with van der Waals surface area (Å²) < 4.78 is 0. The van der Waals surface area contributed by atoms with Crippen molar-refractivity contribution in [3.05, 3.63) is 83.2 Å². The predicted molar refractivity (Wildman–Crippen MR) is 211 cm³/mol. The van der Waals surface area contributed by atoms with Gasteiger partial charge in [0.15, 0.2) is 0 Å². The molecule has 0 saturated carbocycles. The van der Waals surface area contributed by atoms with E-state index in [0.29, 0.717) is 55.3 Å². The van der Waals surface area contributed by atoms with E-state index in [1.807, 2.05) is 43.6 Å². The Morgan fingerprint density at radius 2 is 1.00 bits per heavy atom. The molecule has 0 fully saturated rings. The van der Waals surface area contributed by atoms with Gasteiger partial charge in [-0.3, -0.25) is 9.97 Å². The molecule has 0 unspecified atom stereocenters. The molecule has 0 saturated heterocycles. The summed E-state index contributed by atoms with van der Waals surface area (Å²) in [5.74, 6) is 3.41. The van der Waals surface area contributed by atoms with Crippen molar-refractivity contribution < 1.29 is 0 Å². The van der Waals surface area contributed by atoms with Crippen molar-refractivity contribution in [1.82, 2.24) is 39.9 Å². The molecular weight excluding hydrogens is 653 g/mol. The fourth-order valence-corrected chi connectivity index (χ4v) is 5.41. The summed E-state index contributed by atoms with van der Waals surface area (Å²) in [6.45, 7) is 18.2. The lowest BCUT2D eigenvalue weighted by atomic mass is 10.1. The standard InChI is InChI=1S/C38H52N14/c1-7-12-20-39-33-45-34(48-37(47-33)51(8-2)9-3)42-23-28-14-13-15-29(21-28)24-43-35-46-36(50-38(49-35)52(10-4)11-5)44-26-30-17-19-32(41-25-30)31-18-16-27(6)22-40-31/h13-19,21-22,25H,7-12,20,23-24,26H2,1-6H3,(H2,39,42,45,47,48)(H2,43,44,46,49,50). The Morgan fingerprint density at radius 1 is 0.519 bits per heavy atom. The fourth-order valence-electron chi connectivity index (χ4n) is 5.41. The van der Waals surface area contributed by atoms with Gasteiger partial charge in [0.25, 0.3) is 0 Å². The van der Waals surface area contributed by atoms with Gasteiger partial charge in [-0.1, -0.05) is 49.7 Å². The molecule has 5 aromatic rings. The smallest absolute Gasteiger partial charge is 0.231 e. The van der Waals surface area contributed by atoms with Gasteiger partial charge in [0, 0.05) is 64.8 Å². The highest BCUT2D eigenvalue weighted by atomic mass is 15.3. The maximum Gasteiger partial charge on any atom is 0.231 e. The first-order valence-electron chi connectivity index (χ1n) is 18.3. The van der Waals surface area contributed by atoms with Crippen LogP contribution in [0.3, 0.4) is 0 Å². The van der Waals surface area contributed by atoms with Crippen molar-refractivity contribution in [1.29, 1.82) is 0 Å². The highest BCUT2D eigenvalue weighted by Gasteiger charge is 2.14. The van der Waals surface area contributed by atoms with Gasteiger partial charge in [0.05, 0.1) is 11.4 Å². The average molecular weight is 705 g/mol. The van der Waals surface area contributed by atoms with Crippen LogP contribution in [-0.4, -0.2) is 72.6 Å². The maximum absolute atomic E-state index is 4.76. The molecule has 5 rings (SSSR count). The number of rotatable bonds is 20. The Morgan fingerprint density at radius 3 is 1.44 bits per heavy atom. The molecule has 0 aliphatic heterocycles. The van der Waals surface area contributed by atoms with Crippen LogP contribution in [0, 0.1) is 6.92 Å². The van der Waals surface area contributed by atoms with Gasteiger partial charge in [0.2, 0.25) is 35.7 Å². The lowest BCUT2D eigenvalue weighted by Crippen LogP contribution is -2.25. The number of anilines is 6. The number of nitrogens with one attached hydrogen (secondary N) is 4. The minimum absolute atomic E-state index is 0.492. The first kappa shape index (κ1) is 37.6. The maximum atomic E-state index is 4.76. The Labute approximate surface area is 307 Å². The van der Waals surface area contributed by atoms with Gasteiger partial charge in [-0.15, -0.1) is 0 Å². The number of pyridine rings is 2. The van der Waals surface area contributed by atoms with Gasteiger partial charge < -0.3 is 31.1 Å². The van der Waals surface area contributed by atoms with Crippen LogP contribution in [-0.2, 0) is 19.6 Å². The molecule has 4 aromatic heterocycles. The van der Waals surface area contributed by atoms with E-state index < -0.39 is 0 Å². The highest BCUT2D eigenvalue weighted by Crippen LogP contribution is 2.19. The van der Waals surface area contributed by atoms with E-state index in [1.165, 1.54) is 0 Å². The molecule has 0 aliphatic rings. The molecule has 4 N–H and O–H groups in total. The van der Waals surface area contributed by atoms with E-state index in [4.69, 9.17) is 19.9 Å². The van der Waals surface area contributed by atoms with E-state index >= 15 is 0 Å². The van der Waals surface area contributed by atoms with E-state index in [2.05, 4.69) is 110 Å². The molecule has 1 aromatic carbocycles. The van der Waals surface area contributed by atoms with Gasteiger partial charge in [-0.25, -0.2) is 0 Å². The topological polar surface area (TPSA) is 158 Å². The van der Waals surface area contributed by atoms with Gasteiger partial charge in [0.1, 0.15) is 0 Å². The number of aromatic nitrogens is 8. The second kappa shape index (κ2) is 19.1. The molecular formula is C38H52N14. The van der Waals surface area contributed by atoms with Crippen molar-refractivity contribution in [2.75, 3.05) is 63.8 Å². The average Bonchev–Trinajstić information content (AvgIpc) is 3.17. The molecule has 0 spiro atoms. The zero-order chi connectivity index (χ0) is 36.7. The Bertz CT molecular complexity index is 1820. The quantitative estimate of drug-likeness (QED) is 0.0645. The fraction of sp³-hybridized carbons (Fsp3) is 0.421. The van der Waals surface area contributed by atoms with E-state index in [9.17, 15) is 0 Å². The number of aryl methyl sites for hydroxylation is 1. The number of unbranched alkanes of at least 4 members (excludes halogenated alkanes) is 1. The zero-order valence-electron chi connectivity index (χ0n) is 31.3. The Kier molecular flexibility index (Phi) is 13.8. The number of nitrogens with zero attached hydrogens (tertiary/aromatic N) is 10. The summed E-state index contributed by atoms with van der Waals surface area (Å²) >= 11 is 0. The molecule has 0 atom stereocenters. The minimum atomic E-state index is 0.492. The molecule has 0 radical (unpaired) electrons. The van der Waals surface area contributed by atoms with Crippen molar-refractivity contribution in [2.45, 2.75) is 74.0 Å². The third kappa shape index (κ3) is 10.7. The molecule has 0 bridgehead atoms. The third-order valence-electron chi connectivity index (χ3n) is 8.50. The SMILES string of the molecule is CCCCNc1nc(NCc2cccc(CNc3nc(NCc4ccc(-c5ccc(C)cn5)nc4)nc(N(CC)CC)n3)c2)nc(N(CC)CC)n1. The van der Waals surface area contributed by atoms with Crippen LogP contribution in [0.25, 0.3) is 11.4 Å². The summed E-state index contributed by atoms with van der Waals surface area (Å²) in [4.78, 5) is 41.6. The first-order chi connectivity index (χ1) is 25.4. The summed E-state index contributed by atoms with van der Waals surface area (Å²) in [6, 6.07) is 16.4. The molecule has 4 heterocycles.